The lowest BCUT2D eigenvalue weighted by Gasteiger charge is -2.21. The van der Waals surface area contributed by atoms with Gasteiger partial charge in [-0.1, -0.05) is 12.8 Å². The van der Waals surface area contributed by atoms with Gasteiger partial charge in [-0.3, -0.25) is 0 Å². The molecule has 0 aromatic heterocycles. The van der Waals surface area contributed by atoms with Crippen molar-refractivity contribution in [2.45, 2.75) is 32.1 Å². The van der Waals surface area contributed by atoms with Crippen molar-refractivity contribution in [1.82, 2.24) is 4.90 Å². The van der Waals surface area contributed by atoms with Crippen molar-refractivity contribution in [2.75, 3.05) is 19.6 Å². The highest BCUT2D eigenvalue weighted by Gasteiger charge is 2.18. The molecule has 14 heavy (non-hydrogen) atoms. The molecule has 2 aliphatic rings. The molecule has 1 heterocycles. The second-order valence-electron chi connectivity index (χ2n) is 4.30. The van der Waals surface area contributed by atoms with Crippen LogP contribution in [-0.4, -0.2) is 24.5 Å². The van der Waals surface area contributed by atoms with Crippen LogP contribution in [0, 0.1) is 31.6 Å². The van der Waals surface area contributed by atoms with Crippen LogP contribution in [0.3, 0.4) is 0 Å². The summed E-state index contributed by atoms with van der Waals surface area (Å²) in [7, 11) is 0. The van der Waals surface area contributed by atoms with Gasteiger partial charge in [-0.05, 0) is 70.5 Å². The van der Waals surface area contributed by atoms with Gasteiger partial charge in [0.1, 0.15) is 0 Å². The van der Waals surface area contributed by atoms with Gasteiger partial charge >= 0.3 is 0 Å². The van der Waals surface area contributed by atoms with Crippen molar-refractivity contribution < 1.29 is 0 Å². The van der Waals surface area contributed by atoms with Crippen LogP contribution in [-0.2, 0) is 0 Å². The van der Waals surface area contributed by atoms with E-state index in [-0.39, 0.29) is 0 Å². The molecular formula is C13H20N. The third-order valence-electron chi connectivity index (χ3n) is 3.15. The SMILES string of the molecule is [CH]1[CH][CH][C](CCN2CCCCCC2)[CH]1. The Morgan fingerprint density at radius 3 is 2.21 bits per heavy atom. The fourth-order valence-electron chi connectivity index (χ4n) is 2.23. The quantitative estimate of drug-likeness (QED) is 0.661. The minimum Gasteiger partial charge on any atom is -0.303 e. The third kappa shape index (κ3) is 3.27. The fourth-order valence-corrected chi connectivity index (χ4v) is 2.23. The highest BCUT2D eigenvalue weighted by Crippen LogP contribution is 2.26. The summed E-state index contributed by atoms with van der Waals surface area (Å²) >= 11 is 0. The number of nitrogens with zero attached hydrogens (tertiary/aromatic N) is 1. The summed E-state index contributed by atoms with van der Waals surface area (Å²) in [6.45, 7) is 3.89. The van der Waals surface area contributed by atoms with E-state index in [1.54, 1.807) is 0 Å². The van der Waals surface area contributed by atoms with E-state index < -0.39 is 0 Å². The lowest BCUT2D eigenvalue weighted by atomic mass is 10.0. The molecule has 1 heteroatoms. The third-order valence-corrected chi connectivity index (χ3v) is 3.15. The van der Waals surface area contributed by atoms with Crippen LogP contribution in [0.15, 0.2) is 0 Å². The van der Waals surface area contributed by atoms with Crippen molar-refractivity contribution in [3.05, 3.63) is 31.6 Å². The Labute approximate surface area is 88.9 Å². The van der Waals surface area contributed by atoms with E-state index in [4.69, 9.17) is 0 Å². The van der Waals surface area contributed by atoms with Crippen LogP contribution < -0.4 is 0 Å². The van der Waals surface area contributed by atoms with Crippen molar-refractivity contribution in [1.29, 1.82) is 0 Å². The molecule has 5 radical (unpaired) electrons. The summed E-state index contributed by atoms with van der Waals surface area (Å²) in [6.07, 6.45) is 15.7. The van der Waals surface area contributed by atoms with Crippen LogP contribution in [0.2, 0.25) is 0 Å². The van der Waals surface area contributed by atoms with Crippen LogP contribution >= 0.6 is 0 Å². The zero-order valence-electron chi connectivity index (χ0n) is 8.91. The molecule has 1 aliphatic heterocycles. The number of hydrogen-bond acceptors (Lipinski definition) is 1. The zero-order valence-corrected chi connectivity index (χ0v) is 8.91. The van der Waals surface area contributed by atoms with E-state index in [1.807, 2.05) is 0 Å². The maximum Gasteiger partial charge on any atom is -0.00130 e. The molecule has 2 rings (SSSR count). The van der Waals surface area contributed by atoms with E-state index in [1.165, 1.54) is 57.7 Å². The molecule has 0 amide bonds. The normalized spacial score (nSPS) is 26.6. The van der Waals surface area contributed by atoms with Crippen molar-refractivity contribution in [3.63, 3.8) is 0 Å². The maximum absolute atomic E-state index is 2.62. The summed E-state index contributed by atoms with van der Waals surface area (Å²) in [6, 6.07) is 0. The van der Waals surface area contributed by atoms with E-state index in [0.717, 1.165) is 0 Å². The Hall–Kier alpha value is -0.0400. The lowest BCUT2D eigenvalue weighted by molar-refractivity contribution is 0.286. The molecule has 2 fully saturated rings. The highest BCUT2D eigenvalue weighted by molar-refractivity contribution is 5.35. The van der Waals surface area contributed by atoms with Crippen LogP contribution in [0.1, 0.15) is 32.1 Å². The minimum atomic E-state index is 1.23. The first-order valence-electron chi connectivity index (χ1n) is 5.88. The molecule has 0 unspecified atom stereocenters. The van der Waals surface area contributed by atoms with Crippen molar-refractivity contribution in [3.8, 4) is 0 Å². The van der Waals surface area contributed by atoms with Gasteiger partial charge in [0.05, 0.1) is 0 Å². The summed E-state index contributed by atoms with van der Waals surface area (Å²) in [5, 5.41) is 0. The molecule has 0 aromatic carbocycles. The van der Waals surface area contributed by atoms with Crippen LogP contribution in [0.4, 0.5) is 0 Å². The molecule has 1 saturated carbocycles. The first-order valence-corrected chi connectivity index (χ1v) is 5.88. The monoisotopic (exact) mass is 190 g/mol. The van der Waals surface area contributed by atoms with E-state index in [9.17, 15) is 0 Å². The van der Waals surface area contributed by atoms with Gasteiger partial charge < -0.3 is 4.90 Å². The van der Waals surface area contributed by atoms with Gasteiger partial charge in [0.2, 0.25) is 0 Å². The standard InChI is InChI=1S/C13H20N/c1-2-6-11-14(10-5-1)12-9-13-7-3-4-8-13/h3-4,7-8H,1-2,5-6,9-12H2. The largest absolute Gasteiger partial charge is 0.303 e. The first-order chi connectivity index (χ1) is 6.95. The molecule has 0 atom stereocenters. The van der Waals surface area contributed by atoms with E-state index >= 15 is 0 Å². The predicted molar refractivity (Wildman–Crippen MR) is 60.0 cm³/mol. The lowest BCUT2D eigenvalue weighted by Crippen LogP contribution is -2.26. The van der Waals surface area contributed by atoms with E-state index in [0.29, 0.717) is 0 Å². The molecule has 1 nitrogen and oxygen atoms in total. The number of rotatable bonds is 3. The van der Waals surface area contributed by atoms with Gasteiger partial charge in [0.15, 0.2) is 0 Å². The average molecular weight is 190 g/mol. The van der Waals surface area contributed by atoms with E-state index in [2.05, 4.69) is 30.6 Å². The maximum atomic E-state index is 2.62. The summed E-state index contributed by atoms with van der Waals surface area (Å²) in [4.78, 5) is 2.62. The Morgan fingerprint density at radius 1 is 0.929 bits per heavy atom. The molecule has 77 valence electrons. The second kappa shape index (κ2) is 5.75. The Kier molecular flexibility index (Phi) is 4.30. The molecule has 1 saturated heterocycles. The Bertz CT molecular complexity index is 141. The van der Waals surface area contributed by atoms with Gasteiger partial charge in [0.25, 0.3) is 0 Å². The molecular weight excluding hydrogens is 170 g/mol. The van der Waals surface area contributed by atoms with Crippen LogP contribution in [0.5, 0.6) is 0 Å². The van der Waals surface area contributed by atoms with Gasteiger partial charge in [0, 0.05) is 0 Å². The number of likely N-dealkylation sites (tertiary alicyclic amines) is 1. The Morgan fingerprint density at radius 2 is 1.57 bits per heavy atom. The van der Waals surface area contributed by atoms with Crippen molar-refractivity contribution >= 4 is 0 Å². The van der Waals surface area contributed by atoms with Crippen LogP contribution in [0.25, 0.3) is 0 Å². The molecule has 0 N–H and O–H groups in total. The minimum absolute atomic E-state index is 1.23. The zero-order chi connectivity index (χ0) is 9.64. The molecule has 0 bridgehead atoms. The van der Waals surface area contributed by atoms with Gasteiger partial charge in [-0.25, -0.2) is 0 Å². The fraction of sp³-hybridized carbons (Fsp3) is 0.615. The molecule has 1 aliphatic carbocycles. The van der Waals surface area contributed by atoms with Gasteiger partial charge in [-0.15, -0.1) is 0 Å². The predicted octanol–water partition coefficient (Wildman–Crippen LogP) is 2.66. The second-order valence-corrected chi connectivity index (χ2v) is 4.30. The summed E-state index contributed by atoms with van der Waals surface area (Å²) in [5.41, 5.74) is 0. The topological polar surface area (TPSA) is 3.24 Å². The summed E-state index contributed by atoms with van der Waals surface area (Å²) < 4.78 is 0. The summed E-state index contributed by atoms with van der Waals surface area (Å²) in [5.74, 6) is 1.49. The highest BCUT2D eigenvalue weighted by atomic mass is 15.1. The van der Waals surface area contributed by atoms with Crippen molar-refractivity contribution in [2.24, 2.45) is 0 Å². The molecule has 0 aromatic rings. The Balaban J connectivity index is 1.62. The average Bonchev–Trinajstić information content (AvgIpc) is 2.58. The molecule has 0 spiro atoms. The number of hydrogen-bond donors (Lipinski definition) is 0. The smallest absolute Gasteiger partial charge is 0.00130 e. The van der Waals surface area contributed by atoms with Gasteiger partial charge in [-0.2, -0.15) is 0 Å². The first kappa shape index (κ1) is 10.5.